The van der Waals surface area contributed by atoms with Gasteiger partial charge in [-0.2, -0.15) is 4.48 Å². The summed E-state index contributed by atoms with van der Waals surface area (Å²) in [6, 6.07) is 3.24. The molecule has 3 rings (SSSR count). The largest absolute Gasteiger partial charge is 0.481 e. The molecule has 2 heterocycles. The Bertz CT molecular complexity index is 1070. The van der Waals surface area contributed by atoms with Crippen LogP contribution in [-0.4, -0.2) is 69.8 Å². The third-order valence-electron chi connectivity index (χ3n) is 5.63. The number of hydrogen-bond donors (Lipinski definition) is 3. The monoisotopic (exact) mass is 507 g/mol. The molecule has 10 nitrogen and oxygen atoms in total. The van der Waals surface area contributed by atoms with Crippen molar-refractivity contribution >= 4 is 53.0 Å². The number of aldehydes is 1. The highest BCUT2D eigenvalue weighted by molar-refractivity contribution is 7.07. The Morgan fingerprint density at radius 1 is 1.18 bits per heavy atom. The number of hydrogen-bond acceptors (Lipinski definition) is 7. The van der Waals surface area contributed by atoms with Crippen molar-refractivity contribution < 1.29 is 33.6 Å². The lowest BCUT2D eigenvalue weighted by atomic mass is 10.1. The molecule has 1 fully saturated rings. The van der Waals surface area contributed by atoms with Gasteiger partial charge in [0, 0.05) is 24.6 Å². The third kappa shape index (κ3) is 5.85. The fraction of sp³-hybridized carbons (Fsp3) is 0.364. The molecule has 4 amide bonds. The first kappa shape index (κ1) is 25.5. The minimum absolute atomic E-state index is 0.0536. The molecule has 2 aromatic rings. The smallest absolute Gasteiger partial charge is 0.424 e. The Kier molecular flexibility index (Phi) is 8.48. The predicted molar refractivity (Wildman–Crippen MR) is 123 cm³/mol. The van der Waals surface area contributed by atoms with Crippen molar-refractivity contribution in [3.8, 4) is 0 Å². The zero-order valence-corrected chi connectivity index (χ0v) is 19.7. The number of carboxylic acid groups (broad SMARTS) is 1. The van der Waals surface area contributed by atoms with Gasteiger partial charge in [0.25, 0.3) is 5.91 Å². The van der Waals surface area contributed by atoms with Crippen molar-refractivity contribution in [2.75, 3.05) is 13.1 Å². The number of imide groups is 1. The Morgan fingerprint density at radius 2 is 1.88 bits per heavy atom. The Balaban J connectivity index is 1.89. The maximum atomic E-state index is 13.8. The maximum absolute atomic E-state index is 13.8. The van der Waals surface area contributed by atoms with Gasteiger partial charge < -0.3 is 15.2 Å². The summed E-state index contributed by atoms with van der Waals surface area (Å²) in [5.41, 5.74) is 2.35. The molecule has 0 aliphatic carbocycles. The molecule has 0 spiro atoms. The average molecular weight is 508 g/mol. The highest BCUT2D eigenvalue weighted by Crippen LogP contribution is 2.24. The number of carbonyl (C=O) groups is 5. The van der Waals surface area contributed by atoms with Gasteiger partial charge in [0.05, 0.1) is 41.3 Å². The molecule has 3 N–H and O–H groups in total. The summed E-state index contributed by atoms with van der Waals surface area (Å²) in [5, 5.41) is 16.0. The second kappa shape index (κ2) is 11.3. The van der Waals surface area contributed by atoms with Gasteiger partial charge in [0.15, 0.2) is 6.04 Å². The lowest BCUT2D eigenvalue weighted by Gasteiger charge is -2.32. The van der Waals surface area contributed by atoms with Gasteiger partial charge in [-0.05, 0) is 12.1 Å². The summed E-state index contributed by atoms with van der Waals surface area (Å²) in [6.45, 7) is 0.331. The number of aromatic nitrogens is 1. The van der Waals surface area contributed by atoms with E-state index in [-0.39, 0.29) is 30.1 Å². The molecule has 0 bridgehead atoms. The number of amides is 4. The number of halogens is 1. The van der Waals surface area contributed by atoms with E-state index in [0.29, 0.717) is 24.8 Å². The van der Waals surface area contributed by atoms with Gasteiger partial charge in [-0.15, -0.1) is 11.3 Å². The number of benzene rings is 1. The lowest BCUT2D eigenvalue weighted by Crippen LogP contribution is -2.66. The van der Waals surface area contributed by atoms with Crippen LogP contribution in [0.25, 0.3) is 0 Å². The minimum Gasteiger partial charge on any atom is -0.481 e. The lowest BCUT2D eigenvalue weighted by molar-refractivity contribution is -0.761. The summed E-state index contributed by atoms with van der Waals surface area (Å²) < 4.78 is -0.651. The number of nitrogens with one attached hydrogen (secondary N) is 2. The molecule has 34 heavy (non-hydrogen) atoms. The summed E-state index contributed by atoms with van der Waals surface area (Å²) >= 11 is 7.47. The molecule has 180 valence electrons. The number of urea groups is 1. The van der Waals surface area contributed by atoms with Crippen LogP contribution in [0.5, 0.6) is 0 Å². The van der Waals surface area contributed by atoms with Crippen LogP contribution in [0.2, 0.25) is 5.02 Å². The summed E-state index contributed by atoms with van der Waals surface area (Å²) in [5.74, 6) is -2.40. The van der Waals surface area contributed by atoms with E-state index in [0.717, 1.165) is 0 Å². The van der Waals surface area contributed by atoms with Crippen molar-refractivity contribution in [3.63, 3.8) is 0 Å². The predicted octanol–water partition coefficient (Wildman–Crippen LogP) is 2.03. The third-order valence-corrected chi connectivity index (χ3v) is 6.59. The molecule has 0 radical (unpaired) electrons. The second-order valence-electron chi connectivity index (χ2n) is 7.94. The van der Waals surface area contributed by atoms with Crippen LogP contribution in [0, 0.1) is 0 Å². The van der Waals surface area contributed by atoms with Gasteiger partial charge >= 0.3 is 17.9 Å². The van der Waals surface area contributed by atoms with E-state index < -0.39 is 46.8 Å². The Hall–Kier alpha value is -3.15. The number of thiazole rings is 1. The molecule has 1 aromatic heterocycles. The van der Waals surface area contributed by atoms with E-state index in [1.54, 1.807) is 29.1 Å². The van der Waals surface area contributed by atoms with Crippen molar-refractivity contribution in [3.05, 3.63) is 51.4 Å². The van der Waals surface area contributed by atoms with E-state index in [4.69, 9.17) is 16.7 Å². The molecule has 1 aliphatic rings. The molecular weight excluding hydrogens is 484 g/mol. The SMILES string of the molecule is O=C[C@H](CC(=O)O)NC(=O)[N+]1(C(=O)[C@H](Cc2cscn2)NC(=O)c2ccccc2Cl)CCCC1. The molecule has 2 atom stereocenters. The fourth-order valence-corrected chi connectivity index (χ4v) is 4.72. The van der Waals surface area contributed by atoms with Crippen LogP contribution >= 0.6 is 22.9 Å². The summed E-state index contributed by atoms with van der Waals surface area (Å²) in [4.78, 5) is 66.5. The normalized spacial score (nSPS) is 16.3. The highest BCUT2D eigenvalue weighted by atomic mass is 35.5. The van der Waals surface area contributed by atoms with Gasteiger partial charge in [-0.1, -0.05) is 23.7 Å². The van der Waals surface area contributed by atoms with Gasteiger partial charge in [0.2, 0.25) is 0 Å². The average Bonchev–Trinajstić information content (AvgIpc) is 3.50. The second-order valence-corrected chi connectivity index (χ2v) is 9.07. The van der Waals surface area contributed by atoms with Gasteiger partial charge in [0.1, 0.15) is 12.3 Å². The highest BCUT2D eigenvalue weighted by Gasteiger charge is 2.51. The standard InChI is InChI=1S/C22H23ClN4O6S/c23-17-6-2-1-5-16(17)20(31)26-18(9-15-12-34-13-24-15)21(32)27(7-3-4-8-27)22(33)25-14(11-28)10-19(29)30/h1-2,5-6,11-14,18H,3-4,7-10H2,(H2-,25,26,29,30,31,33)/p+1/t14-,18-/m0/s1. The molecule has 0 unspecified atom stereocenters. The quantitative estimate of drug-likeness (QED) is 0.348. The number of nitrogens with zero attached hydrogens (tertiary/aromatic N) is 2. The maximum Gasteiger partial charge on any atom is 0.424 e. The Labute approximate surface area is 204 Å². The van der Waals surface area contributed by atoms with Crippen molar-refractivity contribution in [1.82, 2.24) is 15.6 Å². The van der Waals surface area contributed by atoms with E-state index >= 15 is 0 Å². The van der Waals surface area contributed by atoms with Crippen molar-refractivity contribution in [1.29, 1.82) is 0 Å². The van der Waals surface area contributed by atoms with Crippen molar-refractivity contribution in [2.24, 2.45) is 0 Å². The molecule has 1 aliphatic heterocycles. The number of carboxylic acids is 1. The topological polar surface area (TPSA) is 143 Å². The molecule has 1 saturated heterocycles. The number of rotatable bonds is 9. The van der Waals surface area contributed by atoms with Crippen LogP contribution in [0.3, 0.4) is 0 Å². The van der Waals surface area contributed by atoms with Gasteiger partial charge in [-0.25, -0.2) is 14.6 Å². The van der Waals surface area contributed by atoms with Crippen LogP contribution in [0.4, 0.5) is 4.79 Å². The van der Waals surface area contributed by atoms with Crippen LogP contribution in [0.15, 0.2) is 35.2 Å². The molecule has 1 aromatic carbocycles. The van der Waals surface area contributed by atoms with E-state index in [9.17, 15) is 24.0 Å². The van der Waals surface area contributed by atoms with Crippen LogP contribution in [-0.2, 0) is 20.8 Å². The number of quaternary nitrogens is 1. The van der Waals surface area contributed by atoms with Crippen molar-refractivity contribution in [2.45, 2.75) is 37.8 Å². The van der Waals surface area contributed by atoms with E-state index in [2.05, 4.69) is 15.6 Å². The molecule has 0 saturated carbocycles. The zero-order chi connectivity index (χ0) is 24.7. The fourth-order valence-electron chi connectivity index (χ4n) is 3.93. The number of likely N-dealkylation sites (tertiary alicyclic amines) is 1. The summed E-state index contributed by atoms with van der Waals surface area (Å²) in [7, 11) is 0. The zero-order valence-electron chi connectivity index (χ0n) is 18.1. The minimum atomic E-state index is -1.27. The van der Waals surface area contributed by atoms with Gasteiger partial charge in [-0.3, -0.25) is 14.9 Å². The number of carbonyl (C=O) groups excluding carboxylic acids is 4. The molecule has 12 heteroatoms. The van der Waals surface area contributed by atoms with Crippen LogP contribution in [0.1, 0.15) is 35.3 Å². The Morgan fingerprint density at radius 3 is 2.47 bits per heavy atom. The molecular formula is C22H24ClN4O6S+. The first-order valence-corrected chi connectivity index (χ1v) is 11.9. The first-order valence-electron chi connectivity index (χ1n) is 10.6. The number of aliphatic carboxylic acids is 1. The first-order chi connectivity index (χ1) is 16.3. The van der Waals surface area contributed by atoms with E-state index in [1.165, 1.54) is 17.4 Å². The van der Waals surface area contributed by atoms with E-state index in [1.807, 2.05) is 0 Å². The van der Waals surface area contributed by atoms with Crippen LogP contribution < -0.4 is 10.6 Å². The summed E-state index contributed by atoms with van der Waals surface area (Å²) in [6.07, 6.45) is 0.930.